The molecule has 26 heavy (non-hydrogen) atoms. The minimum Gasteiger partial charge on any atom is -0.370 e. The minimum absolute atomic E-state index is 0.246. The molecule has 0 fully saturated rings. The molecule has 0 unspecified atom stereocenters. The number of rotatable bonds is 4. The Kier molecular flexibility index (Phi) is 4.19. The zero-order valence-electron chi connectivity index (χ0n) is 14.3. The first-order chi connectivity index (χ1) is 12.7. The Balaban J connectivity index is 1.75. The highest BCUT2D eigenvalue weighted by atomic mass is 16.7. The van der Waals surface area contributed by atoms with Crippen LogP contribution in [0.5, 0.6) is 5.75 Å². The van der Waals surface area contributed by atoms with Gasteiger partial charge in [0.05, 0.1) is 17.1 Å². The van der Waals surface area contributed by atoms with Crippen molar-refractivity contribution in [1.82, 2.24) is 14.7 Å². The number of benzene rings is 2. The number of para-hydroxylation sites is 1. The van der Waals surface area contributed by atoms with Crippen molar-refractivity contribution in [1.29, 1.82) is 0 Å². The molecule has 128 valence electrons. The second-order valence-corrected chi connectivity index (χ2v) is 6.01. The van der Waals surface area contributed by atoms with Crippen LogP contribution in [0.15, 0.2) is 77.9 Å². The first-order valence-corrected chi connectivity index (χ1v) is 8.36. The van der Waals surface area contributed by atoms with Gasteiger partial charge in [0, 0.05) is 18.2 Å². The molecule has 0 atom stereocenters. The summed E-state index contributed by atoms with van der Waals surface area (Å²) in [4.78, 5) is 27.2. The van der Waals surface area contributed by atoms with E-state index in [9.17, 15) is 4.79 Å². The number of hydrogen-bond donors (Lipinski definition) is 0. The van der Waals surface area contributed by atoms with Gasteiger partial charge in [-0.3, -0.25) is 9.78 Å². The normalized spacial score (nSPS) is 10.8. The third-order valence-corrected chi connectivity index (χ3v) is 4.19. The van der Waals surface area contributed by atoms with Crippen molar-refractivity contribution in [2.45, 2.75) is 13.3 Å². The van der Waals surface area contributed by atoms with Gasteiger partial charge in [-0.15, -0.1) is 4.73 Å². The number of fused-ring (bicyclic) bond motifs is 1. The van der Waals surface area contributed by atoms with E-state index in [2.05, 4.69) is 22.1 Å². The molecule has 0 radical (unpaired) electrons. The molecule has 2 aromatic heterocycles. The highest BCUT2D eigenvalue weighted by Crippen LogP contribution is 2.22. The standard InChI is InChI=1S/C21H17N3O2/c1-15-23-19-14-22-12-11-18(19)21(25)24(15)26-20-10-6-5-9-17(20)13-16-7-3-2-4-8-16/h2-12,14H,13H2,1H3. The molecular weight excluding hydrogens is 326 g/mol. The fraction of sp³-hybridized carbons (Fsp3) is 0.0952. The molecule has 4 rings (SSSR count). The lowest BCUT2D eigenvalue weighted by Crippen LogP contribution is -2.28. The molecular formula is C21H17N3O2. The van der Waals surface area contributed by atoms with E-state index in [0.717, 1.165) is 12.0 Å². The third-order valence-electron chi connectivity index (χ3n) is 4.19. The summed E-state index contributed by atoms with van der Waals surface area (Å²) in [6.07, 6.45) is 3.88. The van der Waals surface area contributed by atoms with Crippen molar-refractivity contribution in [3.8, 4) is 5.75 Å². The SMILES string of the molecule is Cc1nc2cnccc2c(=O)n1Oc1ccccc1Cc1ccccc1. The van der Waals surface area contributed by atoms with Crippen LogP contribution < -0.4 is 10.4 Å². The van der Waals surface area contributed by atoms with Crippen LogP contribution in [0, 0.1) is 6.92 Å². The maximum absolute atomic E-state index is 12.8. The number of pyridine rings is 1. The van der Waals surface area contributed by atoms with Crippen molar-refractivity contribution in [3.05, 3.63) is 100 Å². The molecule has 2 heterocycles. The molecule has 0 saturated carbocycles. The Labute approximate surface area is 150 Å². The molecule has 0 bridgehead atoms. The molecule has 4 aromatic rings. The van der Waals surface area contributed by atoms with Crippen molar-refractivity contribution in [2.24, 2.45) is 0 Å². The quantitative estimate of drug-likeness (QED) is 0.569. The summed E-state index contributed by atoms with van der Waals surface area (Å²) in [7, 11) is 0. The number of aryl methyl sites for hydroxylation is 1. The van der Waals surface area contributed by atoms with E-state index < -0.39 is 0 Å². The predicted octanol–water partition coefficient (Wildman–Crippen LogP) is 3.53. The zero-order chi connectivity index (χ0) is 17.9. The molecule has 0 aliphatic rings. The van der Waals surface area contributed by atoms with Crippen LogP contribution in [0.4, 0.5) is 0 Å². The fourth-order valence-electron chi connectivity index (χ4n) is 2.89. The van der Waals surface area contributed by atoms with Gasteiger partial charge in [-0.05, 0) is 24.6 Å². The molecule has 2 aromatic carbocycles. The highest BCUT2D eigenvalue weighted by molar-refractivity contribution is 5.76. The van der Waals surface area contributed by atoms with Crippen LogP contribution in [-0.4, -0.2) is 14.7 Å². The Bertz CT molecular complexity index is 1120. The second-order valence-electron chi connectivity index (χ2n) is 6.01. The lowest BCUT2D eigenvalue weighted by molar-refractivity contribution is 0.193. The topological polar surface area (TPSA) is 57.0 Å². The summed E-state index contributed by atoms with van der Waals surface area (Å²) >= 11 is 0. The Morgan fingerprint density at radius 3 is 2.62 bits per heavy atom. The molecule has 0 amide bonds. The summed E-state index contributed by atoms with van der Waals surface area (Å²) in [5.74, 6) is 1.11. The van der Waals surface area contributed by atoms with Crippen LogP contribution in [0.25, 0.3) is 10.9 Å². The smallest absolute Gasteiger partial charge is 0.294 e. The summed E-state index contributed by atoms with van der Waals surface area (Å²) < 4.78 is 1.24. The van der Waals surface area contributed by atoms with Gasteiger partial charge < -0.3 is 4.84 Å². The molecule has 0 saturated heterocycles. The van der Waals surface area contributed by atoms with Crippen LogP contribution in [-0.2, 0) is 6.42 Å². The lowest BCUT2D eigenvalue weighted by atomic mass is 10.0. The number of aromatic nitrogens is 3. The first kappa shape index (κ1) is 16.0. The van der Waals surface area contributed by atoms with E-state index in [1.807, 2.05) is 42.5 Å². The minimum atomic E-state index is -0.246. The molecule has 0 aliphatic heterocycles. The Hall–Kier alpha value is -3.47. The van der Waals surface area contributed by atoms with Gasteiger partial charge in [0.1, 0.15) is 5.82 Å². The number of nitrogens with zero attached hydrogens (tertiary/aromatic N) is 3. The van der Waals surface area contributed by atoms with Crippen LogP contribution in [0.2, 0.25) is 0 Å². The summed E-state index contributed by atoms with van der Waals surface area (Å²) in [5, 5.41) is 0.478. The van der Waals surface area contributed by atoms with Crippen molar-refractivity contribution >= 4 is 10.9 Å². The van der Waals surface area contributed by atoms with Crippen molar-refractivity contribution < 1.29 is 4.84 Å². The summed E-state index contributed by atoms with van der Waals surface area (Å²) in [6.45, 7) is 1.74. The van der Waals surface area contributed by atoms with E-state index >= 15 is 0 Å². The van der Waals surface area contributed by atoms with Gasteiger partial charge in [-0.1, -0.05) is 48.5 Å². The predicted molar refractivity (Wildman–Crippen MR) is 100 cm³/mol. The largest absolute Gasteiger partial charge is 0.370 e. The number of hydrogen-bond acceptors (Lipinski definition) is 4. The Morgan fingerprint density at radius 1 is 1.00 bits per heavy atom. The summed E-state index contributed by atoms with van der Waals surface area (Å²) in [6, 6.07) is 19.5. The van der Waals surface area contributed by atoms with Crippen LogP contribution in [0.3, 0.4) is 0 Å². The maximum Gasteiger partial charge on any atom is 0.294 e. The average Bonchev–Trinajstić information content (AvgIpc) is 2.67. The second kappa shape index (κ2) is 6.80. The van der Waals surface area contributed by atoms with Crippen molar-refractivity contribution in [2.75, 3.05) is 0 Å². The van der Waals surface area contributed by atoms with Gasteiger partial charge >= 0.3 is 0 Å². The highest BCUT2D eigenvalue weighted by Gasteiger charge is 2.12. The van der Waals surface area contributed by atoms with Gasteiger partial charge in [0.15, 0.2) is 5.75 Å². The van der Waals surface area contributed by atoms with Gasteiger partial charge in [0.25, 0.3) is 5.56 Å². The molecule has 0 spiro atoms. The monoisotopic (exact) mass is 343 g/mol. The summed E-state index contributed by atoms with van der Waals surface area (Å²) in [5.41, 5.74) is 2.49. The molecule has 0 N–H and O–H groups in total. The van der Waals surface area contributed by atoms with Gasteiger partial charge in [0.2, 0.25) is 0 Å². The molecule has 5 nitrogen and oxygen atoms in total. The lowest BCUT2D eigenvalue weighted by Gasteiger charge is -2.14. The van der Waals surface area contributed by atoms with E-state index in [1.165, 1.54) is 10.3 Å². The van der Waals surface area contributed by atoms with E-state index in [4.69, 9.17) is 4.84 Å². The third kappa shape index (κ3) is 3.07. The van der Waals surface area contributed by atoms with Crippen LogP contribution >= 0.6 is 0 Å². The fourth-order valence-corrected chi connectivity index (χ4v) is 2.89. The van der Waals surface area contributed by atoms with E-state index in [-0.39, 0.29) is 5.56 Å². The van der Waals surface area contributed by atoms with E-state index in [1.54, 1.807) is 25.4 Å². The zero-order valence-corrected chi connectivity index (χ0v) is 14.3. The first-order valence-electron chi connectivity index (χ1n) is 8.36. The average molecular weight is 343 g/mol. The maximum atomic E-state index is 12.8. The van der Waals surface area contributed by atoms with Crippen molar-refractivity contribution in [3.63, 3.8) is 0 Å². The van der Waals surface area contributed by atoms with Gasteiger partial charge in [-0.2, -0.15) is 0 Å². The van der Waals surface area contributed by atoms with E-state index in [0.29, 0.717) is 22.5 Å². The van der Waals surface area contributed by atoms with Crippen LogP contribution in [0.1, 0.15) is 17.0 Å². The molecule has 0 aliphatic carbocycles. The Morgan fingerprint density at radius 2 is 1.77 bits per heavy atom. The molecule has 5 heteroatoms. The van der Waals surface area contributed by atoms with Gasteiger partial charge in [-0.25, -0.2) is 4.98 Å².